The minimum absolute atomic E-state index is 0.290. The molecule has 0 saturated carbocycles. The van der Waals surface area contributed by atoms with Gasteiger partial charge in [-0.3, -0.25) is 4.79 Å². The molecule has 0 bridgehead atoms. The van der Waals surface area contributed by atoms with E-state index in [9.17, 15) is 14.4 Å². The van der Waals surface area contributed by atoms with Gasteiger partial charge in [0.2, 0.25) is 0 Å². The number of carbonyl (C=O) groups is 3. The molecule has 28 heavy (non-hydrogen) atoms. The smallest absolute Gasteiger partial charge is 0.338 e. The zero-order chi connectivity index (χ0) is 19.9. The van der Waals surface area contributed by atoms with Crippen molar-refractivity contribution in [1.82, 2.24) is 5.32 Å². The van der Waals surface area contributed by atoms with Gasteiger partial charge in [0.1, 0.15) is 6.04 Å². The summed E-state index contributed by atoms with van der Waals surface area (Å²) in [5, 5.41) is 2.57. The van der Waals surface area contributed by atoms with E-state index in [1.54, 1.807) is 6.07 Å². The fourth-order valence-corrected chi connectivity index (χ4v) is 3.33. The van der Waals surface area contributed by atoms with Gasteiger partial charge < -0.3 is 14.8 Å². The van der Waals surface area contributed by atoms with Crippen molar-refractivity contribution in [2.45, 2.75) is 31.7 Å². The summed E-state index contributed by atoms with van der Waals surface area (Å²) >= 11 is 0. The number of amides is 1. The van der Waals surface area contributed by atoms with Crippen molar-refractivity contribution >= 4 is 17.8 Å². The Hall–Kier alpha value is -3.15. The standard InChI is InChI=1S/C22H23NO5/c1-27-22(26)19(12-15-6-3-2-4-7-15)23-20(24)14-28-21(25)18-11-10-16-8-5-9-17(16)13-18/h2-4,6-7,10-11,13,19H,5,8-9,12,14H2,1H3,(H,23,24)/t19-/m1/s1. The van der Waals surface area contributed by atoms with Crippen LogP contribution < -0.4 is 5.32 Å². The Morgan fingerprint density at radius 1 is 1.04 bits per heavy atom. The van der Waals surface area contributed by atoms with Gasteiger partial charge >= 0.3 is 11.9 Å². The molecule has 2 aromatic carbocycles. The first kappa shape index (κ1) is 19.6. The maximum absolute atomic E-state index is 12.2. The first-order valence-corrected chi connectivity index (χ1v) is 9.27. The maximum atomic E-state index is 12.2. The van der Waals surface area contributed by atoms with E-state index >= 15 is 0 Å². The highest BCUT2D eigenvalue weighted by atomic mass is 16.5. The molecular weight excluding hydrogens is 358 g/mol. The Labute approximate surface area is 163 Å². The van der Waals surface area contributed by atoms with Gasteiger partial charge in [-0.15, -0.1) is 0 Å². The molecule has 2 aromatic rings. The predicted octanol–water partition coefficient (Wildman–Crippen LogP) is 2.23. The minimum atomic E-state index is -0.849. The molecule has 146 valence electrons. The Bertz CT molecular complexity index is 862. The van der Waals surface area contributed by atoms with Crippen molar-refractivity contribution in [3.8, 4) is 0 Å². The topological polar surface area (TPSA) is 81.7 Å². The van der Waals surface area contributed by atoms with Crippen LogP contribution in [0.4, 0.5) is 0 Å². The number of nitrogens with one attached hydrogen (secondary N) is 1. The summed E-state index contributed by atoms with van der Waals surface area (Å²) in [6.45, 7) is -0.460. The fourth-order valence-electron chi connectivity index (χ4n) is 3.33. The van der Waals surface area contributed by atoms with Crippen LogP contribution in [0.5, 0.6) is 0 Å². The average Bonchev–Trinajstić information content (AvgIpc) is 3.19. The highest BCUT2D eigenvalue weighted by Gasteiger charge is 2.23. The molecule has 6 nitrogen and oxygen atoms in total. The first-order valence-electron chi connectivity index (χ1n) is 9.27. The normalized spacial score (nSPS) is 13.3. The Morgan fingerprint density at radius 3 is 2.54 bits per heavy atom. The van der Waals surface area contributed by atoms with Gasteiger partial charge in [0.05, 0.1) is 12.7 Å². The number of benzene rings is 2. The number of ether oxygens (including phenoxy) is 2. The van der Waals surface area contributed by atoms with Gasteiger partial charge in [-0.05, 0) is 48.1 Å². The van der Waals surface area contributed by atoms with E-state index < -0.39 is 30.5 Å². The lowest BCUT2D eigenvalue weighted by Gasteiger charge is -2.16. The zero-order valence-electron chi connectivity index (χ0n) is 15.8. The van der Waals surface area contributed by atoms with E-state index in [1.165, 1.54) is 12.7 Å². The van der Waals surface area contributed by atoms with Gasteiger partial charge in [-0.25, -0.2) is 9.59 Å². The molecule has 0 saturated heterocycles. The maximum Gasteiger partial charge on any atom is 0.338 e. The van der Waals surface area contributed by atoms with Gasteiger partial charge in [0, 0.05) is 6.42 Å². The van der Waals surface area contributed by atoms with Crippen molar-refractivity contribution < 1.29 is 23.9 Å². The summed E-state index contributed by atoms with van der Waals surface area (Å²) in [4.78, 5) is 36.4. The van der Waals surface area contributed by atoms with E-state index in [0.29, 0.717) is 5.56 Å². The molecule has 0 aliphatic heterocycles. The summed E-state index contributed by atoms with van der Waals surface area (Å²) in [6.07, 6.45) is 3.37. The lowest BCUT2D eigenvalue weighted by atomic mass is 10.1. The van der Waals surface area contributed by atoms with Crippen LogP contribution in [0.25, 0.3) is 0 Å². The fraction of sp³-hybridized carbons (Fsp3) is 0.318. The number of carbonyl (C=O) groups excluding carboxylic acids is 3. The van der Waals surface area contributed by atoms with Crippen LogP contribution in [-0.2, 0) is 38.3 Å². The second-order valence-corrected chi connectivity index (χ2v) is 6.75. The van der Waals surface area contributed by atoms with E-state index in [-0.39, 0.29) is 6.42 Å². The van der Waals surface area contributed by atoms with Crippen LogP contribution in [0.3, 0.4) is 0 Å². The quantitative estimate of drug-likeness (QED) is 0.744. The highest BCUT2D eigenvalue weighted by molar-refractivity contribution is 5.92. The SMILES string of the molecule is COC(=O)[C@@H](Cc1ccccc1)NC(=O)COC(=O)c1ccc2c(c1)CCC2. The summed E-state index contributed by atoms with van der Waals surface area (Å²) < 4.78 is 9.87. The Balaban J connectivity index is 1.55. The van der Waals surface area contributed by atoms with Gasteiger partial charge in [0.25, 0.3) is 5.91 Å². The summed E-state index contributed by atoms with van der Waals surface area (Å²) in [7, 11) is 1.26. The van der Waals surface area contributed by atoms with Crippen LogP contribution in [0, 0.1) is 0 Å². The summed E-state index contributed by atoms with van der Waals surface area (Å²) in [5.41, 5.74) is 3.74. The number of hydrogen-bond acceptors (Lipinski definition) is 5. The monoisotopic (exact) mass is 381 g/mol. The lowest BCUT2D eigenvalue weighted by molar-refractivity contribution is -0.145. The second-order valence-electron chi connectivity index (χ2n) is 6.75. The third-order valence-electron chi connectivity index (χ3n) is 4.77. The molecule has 3 rings (SSSR count). The summed E-state index contributed by atoms with van der Waals surface area (Å²) in [5.74, 6) is -1.66. The summed E-state index contributed by atoms with van der Waals surface area (Å²) in [6, 6.07) is 13.9. The van der Waals surface area contributed by atoms with E-state index in [4.69, 9.17) is 9.47 Å². The van der Waals surface area contributed by atoms with Crippen LogP contribution in [0.1, 0.15) is 33.5 Å². The number of esters is 2. The third-order valence-corrected chi connectivity index (χ3v) is 4.77. The van der Waals surface area contributed by atoms with Gasteiger partial charge in [-0.1, -0.05) is 36.4 Å². The number of hydrogen-bond donors (Lipinski definition) is 1. The van der Waals surface area contributed by atoms with Crippen LogP contribution in [0.15, 0.2) is 48.5 Å². The van der Waals surface area contributed by atoms with E-state index in [0.717, 1.165) is 30.4 Å². The zero-order valence-corrected chi connectivity index (χ0v) is 15.8. The number of fused-ring (bicyclic) bond motifs is 1. The molecule has 0 heterocycles. The second kappa shape index (κ2) is 9.17. The molecular formula is C22H23NO5. The van der Waals surface area contributed by atoms with Crippen molar-refractivity contribution in [1.29, 1.82) is 0 Å². The lowest BCUT2D eigenvalue weighted by Crippen LogP contribution is -2.44. The van der Waals surface area contributed by atoms with Crippen LogP contribution in [-0.4, -0.2) is 37.6 Å². The van der Waals surface area contributed by atoms with Crippen LogP contribution >= 0.6 is 0 Å². The predicted molar refractivity (Wildman–Crippen MR) is 103 cm³/mol. The molecule has 1 amide bonds. The number of rotatable bonds is 7. The molecule has 1 aliphatic rings. The third kappa shape index (κ3) is 4.97. The molecule has 1 N–H and O–H groups in total. The largest absolute Gasteiger partial charge is 0.467 e. The molecule has 0 unspecified atom stereocenters. The Kier molecular flexibility index (Phi) is 6.42. The highest BCUT2D eigenvalue weighted by Crippen LogP contribution is 2.23. The van der Waals surface area contributed by atoms with Gasteiger partial charge in [-0.2, -0.15) is 0 Å². The van der Waals surface area contributed by atoms with E-state index in [2.05, 4.69) is 5.32 Å². The van der Waals surface area contributed by atoms with Crippen molar-refractivity contribution in [2.24, 2.45) is 0 Å². The van der Waals surface area contributed by atoms with E-state index in [1.807, 2.05) is 42.5 Å². The van der Waals surface area contributed by atoms with Gasteiger partial charge in [0.15, 0.2) is 6.61 Å². The molecule has 0 fully saturated rings. The molecule has 0 radical (unpaired) electrons. The Morgan fingerprint density at radius 2 is 1.79 bits per heavy atom. The van der Waals surface area contributed by atoms with Crippen molar-refractivity contribution in [3.05, 3.63) is 70.8 Å². The van der Waals surface area contributed by atoms with Crippen LogP contribution in [0.2, 0.25) is 0 Å². The molecule has 0 aromatic heterocycles. The molecule has 6 heteroatoms. The average molecular weight is 381 g/mol. The molecule has 0 spiro atoms. The number of methoxy groups -OCH3 is 1. The first-order chi connectivity index (χ1) is 13.6. The minimum Gasteiger partial charge on any atom is -0.467 e. The molecule has 1 aliphatic carbocycles. The molecule has 1 atom stereocenters. The van der Waals surface area contributed by atoms with Crippen molar-refractivity contribution in [3.63, 3.8) is 0 Å². The number of aryl methyl sites for hydroxylation is 2. The van der Waals surface area contributed by atoms with Crippen molar-refractivity contribution in [2.75, 3.05) is 13.7 Å².